The van der Waals surface area contributed by atoms with E-state index in [-0.39, 0.29) is 27.7 Å². The van der Waals surface area contributed by atoms with Crippen LogP contribution in [0.15, 0.2) is 22.7 Å². The number of ketones is 1. The monoisotopic (exact) mass is 399 g/mol. The first-order chi connectivity index (χ1) is 12.2. The molecule has 0 bridgehead atoms. The molecule has 26 heavy (non-hydrogen) atoms. The molecule has 9 heteroatoms. The number of carbonyl (C=O) groups excluding carboxylic acids is 1. The second-order valence-corrected chi connectivity index (χ2v) is 8.81. The summed E-state index contributed by atoms with van der Waals surface area (Å²) in [6, 6.07) is 3.03. The SMILES string of the molecule is CCCCS(C)(=O)=Nc1c(OC)ccc(C(=O)c2cnn(C)c2O)c1Cl. The van der Waals surface area contributed by atoms with Crippen molar-refractivity contribution in [3.63, 3.8) is 0 Å². The number of hydrogen-bond acceptors (Lipinski definition) is 6. The Bertz CT molecular complexity index is 946. The zero-order chi connectivity index (χ0) is 19.5. The predicted octanol–water partition coefficient (Wildman–Crippen LogP) is 3.55. The molecule has 0 aliphatic heterocycles. The molecule has 0 aliphatic rings. The average molecular weight is 400 g/mol. The molecule has 1 aromatic heterocycles. The van der Waals surface area contributed by atoms with Gasteiger partial charge in [0.25, 0.3) is 0 Å². The first kappa shape index (κ1) is 20.3. The molecule has 0 spiro atoms. The number of unbranched alkanes of at least 4 members (excludes halogenated alkanes) is 1. The van der Waals surface area contributed by atoms with Gasteiger partial charge in [-0.15, -0.1) is 0 Å². The van der Waals surface area contributed by atoms with Crippen molar-refractivity contribution in [1.29, 1.82) is 0 Å². The normalized spacial score (nSPS) is 13.3. The van der Waals surface area contributed by atoms with Crippen molar-refractivity contribution in [3.8, 4) is 11.6 Å². The van der Waals surface area contributed by atoms with E-state index in [1.807, 2.05) is 6.92 Å². The number of aromatic hydroxyl groups is 1. The highest BCUT2D eigenvalue weighted by atomic mass is 35.5. The largest absolute Gasteiger partial charge is 0.494 e. The second-order valence-electron chi connectivity index (χ2n) is 5.92. The smallest absolute Gasteiger partial charge is 0.220 e. The number of rotatable bonds is 7. The maximum Gasteiger partial charge on any atom is 0.220 e. The van der Waals surface area contributed by atoms with Gasteiger partial charge in [0, 0.05) is 34.3 Å². The quantitative estimate of drug-likeness (QED) is 0.718. The van der Waals surface area contributed by atoms with Crippen molar-refractivity contribution < 1.29 is 18.8 Å². The Morgan fingerprint density at radius 2 is 2.12 bits per heavy atom. The molecule has 1 aromatic carbocycles. The van der Waals surface area contributed by atoms with Gasteiger partial charge in [0.05, 0.1) is 18.3 Å². The summed E-state index contributed by atoms with van der Waals surface area (Å²) in [6.07, 6.45) is 4.48. The summed E-state index contributed by atoms with van der Waals surface area (Å²) in [5, 5.41) is 13.8. The lowest BCUT2D eigenvalue weighted by molar-refractivity contribution is 0.103. The summed E-state index contributed by atoms with van der Waals surface area (Å²) in [7, 11) is 0.434. The van der Waals surface area contributed by atoms with Crippen LogP contribution in [-0.4, -0.2) is 44.0 Å². The van der Waals surface area contributed by atoms with E-state index in [0.29, 0.717) is 11.5 Å². The van der Waals surface area contributed by atoms with Gasteiger partial charge in [-0.05, 0) is 18.6 Å². The highest BCUT2D eigenvalue weighted by Crippen LogP contribution is 2.40. The fourth-order valence-corrected chi connectivity index (χ4v) is 4.18. The molecule has 0 fully saturated rings. The van der Waals surface area contributed by atoms with E-state index in [9.17, 15) is 14.1 Å². The Kier molecular flexibility index (Phi) is 6.30. The Morgan fingerprint density at radius 3 is 2.65 bits per heavy atom. The fourth-order valence-electron chi connectivity index (χ4n) is 2.36. The Hall–Kier alpha value is -2.06. The Morgan fingerprint density at radius 1 is 1.42 bits per heavy atom. The predicted molar refractivity (Wildman–Crippen MR) is 102 cm³/mol. The second kappa shape index (κ2) is 8.09. The number of aryl methyl sites for hydroxylation is 1. The molecule has 0 radical (unpaired) electrons. The summed E-state index contributed by atoms with van der Waals surface area (Å²) in [4.78, 5) is 12.7. The zero-order valence-corrected chi connectivity index (χ0v) is 16.7. The first-order valence-corrected chi connectivity index (χ1v) is 10.5. The third-order valence-electron chi connectivity index (χ3n) is 3.86. The maximum absolute atomic E-state index is 12.7. The summed E-state index contributed by atoms with van der Waals surface area (Å²) >= 11 is 6.41. The highest BCUT2D eigenvalue weighted by molar-refractivity contribution is 7.93. The van der Waals surface area contributed by atoms with E-state index >= 15 is 0 Å². The molecule has 1 unspecified atom stereocenters. The maximum atomic E-state index is 12.7. The highest BCUT2D eigenvalue weighted by Gasteiger charge is 2.23. The van der Waals surface area contributed by atoms with Crippen LogP contribution >= 0.6 is 11.6 Å². The number of aromatic nitrogens is 2. The minimum absolute atomic E-state index is 0.0220. The fraction of sp³-hybridized carbons (Fsp3) is 0.412. The van der Waals surface area contributed by atoms with Crippen molar-refractivity contribution in [2.45, 2.75) is 19.8 Å². The van der Waals surface area contributed by atoms with Gasteiger partial charge in [-0.25, -0.2) is 8.89 Å². The minimum atomic E-state index is -2.53. The van der Waals surface area contributed by atoms with Crippen molar-refractivity contribution in [2.75, 3.05) is 19.1 Å². The van der Waals surface area contributed by atoms with Crippen molar-refractivity contribution in [3.05, 3.63) is 34.5 Å². The van der Waals surface area contributed by atoms with Gasteiger partial charge >= 0.3 is 0 Å². The molecule has 1 N–H and O–H groups in total. The summed E-state index contributed by atoms with van der Waals surface area (Å²) in [5.41, 5.74) is 0.320. The summed E-state index contributed by atoms with van der Waals surface area (Å²) in [6.45, 7) is 2.00. The van der Waals surface area contributed by atoms with E-state index in [1.54, 1.807) is 12.3 Å². The zero-order valence-electron chi connectivity index (χ0n) is 15.2. The lowest BCUT2D eigenvalue weighted by atomic mass is 10.0. The van der Waals surface area contributed by atoms with Crippen LogP contribution in [0.5, 0.6) is 11.6 Å². The van der Waals surface area contributed by atoms with E-state index in [2.05, 4.69) is 9.46 Å². The Balaban J connectivity index is 2.58. The Labute approximate surface area is 158 Å². The number of hydrogen-bond donors (Lipinski definition) is 1. The molecule has 0 aliphatic carbocycles. The number of nitrogens with zero attached hydrogens (tertiary/aromatic N) is 3. The van der Waals surface area contributed by atoms with Crippen LogP contribution < -0.4 is 4.74 Å². The lowest BCUT2D eigenvalue weighted by Gasteiger charge is -2.12. The standard InChI is InChI=1S/C17H22ClN3O4S/c1-5-6-9-26(4,24)20-15-13(25-3)8-7-11(14(15)18)16(22)12-10-19-21(2)17(12)23/h7-8,10,23H,5-6,9H2,1-4H3. The third kappa shape index (κ3) is 4.19. The molecular weight excluding hydrogens is 378 g/mol. The van der Waals surface area contributed by atoms with Gasteiger partial charge < -0.3 is 9.84 Å². The summed E-state index contributed by atoms with van der Waals surface area (Å²) < 4.78 is 23.5. The molecule has 1 atom stereocenters. The topological polar surface area (TPSA) is 93.8 Å². The molecule has 7 nitrogen and oxygen atoms in total. The number of carbonyl (C=O) groups is 1. The average Bonchev–Trinajstić information content (AvgIpc) is 2.93. The first-order valence-electron chi connectivity index (χ1n) is 8.03. The molecule has 0 amide bonds. The number of methoxy groups -OCH3 is 1. The van der Waals surface area contributed by atoms with Crippen molar-refractivity contribution in [2.24, 2.45) is 11.4 Å². The molecule has 1 heterocycles. The van der Waals surface area contributed by atoms with Crippen molar-refractivity contribution >= 4 is 32.8 Å². The van der Waals surface area contributed by atoms with E-state index < -0.39 is 15.5 Å². The molecule has 0 saturated carbocycles. The molecule has 0 saturated heterocycles. The van der Waals surface area contributed by atoms with E-state index in [4.69, 9.17) is 16.3 Å². The molecule has 2 aromatic rings. The van der Waals surface area contributed by atoms with Gasteiger partial charge in [0.1, 0.15) is 17.0 Å². The van der Waals surface area contributed by atoms with Crippen molar-refractivity contribution in [1.82, 2.24) is 9.78 Å². The van der Waals surface area contributed by atoms with Gasteiger partial charge in [0.2, 0.25) is 11.7 Å². The van der Waals surface area contributed by atoms with Crippen LogP contribution in [0.4, 0.5) is 5.69 Å². The molecular formula is C17H22ClN3O4S. The number of benzene rings is 1. The summed E-state index contributed by atoms with van der Waals surface area (Å²) in [5.74, 6) is -0.0172. The van der Waals surface area contributed by atoms with Crippen LogP contribution in [0.3, 0.4) is 0 Å². The molecule has 2 rings (SSSR count). The van der Waals surface area contributed by atoms with E-state index in [1.165, 1.54) is 31.1 Å². The lowest BCUT2D eigenvalue weighted by Crippen LogP contribution is -2.05. The van der Waals surface area contributed by atoms with Gasteiger partial charge in [0.15, 0.2) is 0 Å². The van der Waals surface area contributed by atoms with Crippen LogP contribution in [0.1, 0.15) is 35.7 Å². The van der Waals surface area contributed by atoms with Gasteiger partial charge in [-0.3, -0.25) is 4.79 Å². The number of ether oxygens (including phenoxy) is 1. The van der Waals surface area contributed by atoms with Crippen LogP contribution in [0.25, 0.3) is 0 Å². The molecule has 142 valence electrons. The third-order valence-corrected chi connectivity index (χ3v) is 5.85. The van der Waals surface area contributed by atoms with Gasteiger partial charge in [-0.1, -0.05) is 24.9 Å². The van der Waals surface area contributed by atoms with E-state index in [0.717, 1.165) is 12.8 Å². The van der Waals surface area contributed by atoms with Crippen LogP contribution in [0, 0.1) is 0 Å². The number of halogens is 1. The minimum Gasteiger partial charge on any atom is -0.494 e. The van der Waals surface area contributed by atoms with Crippen LogP contribution in [-0.2, 0) is 16.8 Å². The van der Waals surface area contributed by atoms with Gasteiger partial charge in [-0.2, -0.15) is 9.46 Å². The van der Waals surface area contributed by atoms with Crippen LogP contribution in [0.2, 0.25) is 5.02 Å².